The lowest BCUT2D eigenvalue weighted by Crippen LogP contribution is -2.34. The number of nitrogens with zero attached hydrogens (tertiary/aromatic N) is 3. The third kappa shape index (κ3) is 5.04. The molecule has 7 nitrogen and oxygen atoms in total. The molecule has 0 aliphatic rings. The summed E-state index contributed by atoms with van der Waals surface area (Å²) in [4.78, 5) is 29.4. The summed E-state index contributed by atoms with van der Waals surface area (Å²) in [6, 6.07) is 10.7. The fraction of sp³-hybridized carbons (Fsp3) is 0.300. The van der Waals surface area contributed by atoms with Gasteiger partial charge in [0.05, 0.1) is 22.1 Å². The minimum absolute atomic E-state index is 0.0782. The zero-order valence-corrected chi connectivity index (χ0v) is 16.9. The maximum absolute atomic E-state index is 12.1. The number of benzene rings is 1. The quantitative estimate of drug-likeness (QED) is 0.661. The first-order valence-electron chi connectivity index (χ1n) is 8.91. The lowest BCUT2D eigenvalue weighted by molar-refractivity contribution is -0.123. The fourth-order valence-electron chi connectivity index (χ4n) is 2.71. The summed E-state index contributed by atoms with van der Waals surface area (Å²) in [5, 5.41) is 8.11. The van der Waals surface area contributed by atoms with Crippen LogP contribution >= 0.6 is 11.3 Å². The SMILES string of the molecule is Cc1cccc(OCC(=O)NCCn2nc(-c3sc(C)nc3C)ccc2=O)c1. The second-order valence-electron chi connectivity index (χ2n) is 6.38. The van der Waals surface area contributed by atoms with Crippen LogP contribution in [0.25, 0.3) is 10.6 Å². The lowest BCUT2D eigenvalue weighted by atomic mass is 10.2. The van der Waals surface area contributed by atoms with Gasteiger partial charge in [0, 0.05) is 12.6 Å². The Balaban J connectivity index is 1.55. The minimum Gasteiger partial charge on any atom is -0.484 e. The second kappa shape index (κ2) is 8.79. The van der Waals surface area contributed by atoms with Gasteiger partial charge in [0.2, 0.25) is 0 Å². The van der Waals surface area contributed by atoms with E-state index in [9.17, 15) is 9.59 Å². The summed E-state index contributed by atoms with van der Waals surface area (Å²) in [6.07, 6.45) is 0. The molecular formula is C20H22N4O3S. The molecule has 0 fully saturated rings. The molecule has 1 amide bonds. The molecule has 0 spiro atoms. The molecule has 2 aromatic heterocycles. The van der Waals surface area contributed by atoms with Crippen LogP contribution in [0.4, 0.5) is 0 Å². The van der Waals surface area contributed by atoms with Gasteiger partial charge in [-0.25, -0.2) is 9.67 Å². The van der Waals surface area contributed by atoms with Gasteiger partial charge in [-0.3, -0.25) is 9.59 Å². The molecule has 8 heteroatoms. The van der Waals surface area contributed by atoms with Crippen LogP contribution in [0.2, 0.25) is 0 Å². The van der Waals surface area contributed by atoms with E-state index in [1.807, 2.05) is 39.0 Å². The highest BCUT2D eigenvalue weighted by Crippen LogP contribution is 2.27. The number of aromatic nitrogens is 3. The number of hydrogen-bond acceptors (Lipinski definition) is 6. The highest BCUT2D eigenvalue weighted by Gasteiger charge is 2.11. The highest BCUT2D eigenvalue weighted by molar-refractivity contribution is 7.15. The molecule has 0 radical (unpaired) electrons. The molecule has 0 aliphatic carbocycles. The van der Waals surface area contributed by atoms with Crippen molar-refractivity contribution in [1.29, 1.82) is 0 Å². The van der Waals surface area contributed by atoms with Crippen molar-refractivity contribution in [1.82, 2.24) is 20.1 Å². The Bertz CT molecular complexity index is 1040. The fourth-order valence-corrected chi connectivity index (χ4v) is 3.59. The highest BCUT2D eigenvalue weighted by atomic mass is 32.1. The summed E-state index contributed by atoms with van der Waals surface area (Å²) in [6.45, 7) is 6.30. The van der Waals surface area contributed by atoms with E-state index in [0.29, 0.717) is 11.4 Å². The Kier molecular flexibility index (Phi) is 6.20. The number of carbonyl (C=O) groups is 1. The molecule has 1 aromatic carbocycles. The zero-order chi connectivity index (χ0) is 20.1. The van der Waals surface area contributed by atoms with Crippen molar-refractivity contribution >= 4 is 17.2 Å². The number of amides is 1. The number of rotatable bonds is 7. The largest absolute Gasteiger partial charge is 0.484 e. The number of nitrogens with one attached hydrogen (secondary N) is 1. The lowest BCUT2D eigenvalue weighted by Gasteiger charge is -2.09. The van der Waals surface area contributed by atoms with Crippen LogP contribution in [0.5, 0.6) is 5.75 Å². The van der Waals surface area contributed by atoms with Gasteiger partial charge in [-0.2, -0.15) is 5.10 Å². The molecule has 0 saturated carbocycles. The summed E-state index contributed by atoms with van der Waals surface area (Å²) in [5.74, 6) is 0.399. The number of ether oxygens (including phenoxy) is 1. The van der Waals surface area contributed by atoms with E-state index in [-0.39, 0.29) is 31.2 Å². The van der Waals surface area contributed by atoms with E-state index in [1.54, 1.807) is 23.5 Å². The van der Waals surface area contributed by atoms with Gasteiger partial charge in [0.25, 0.3) is 11.5 Å². The molecule has 146 valence electrons. The predicted octanol–water partition coefficient (Wildman–Crippen LogP) is 2.49. The summed E-state index contributed by atoms with van der Waals surface area (Å²) < 4.78 is 6.82. The molecule has 0 unspecified atom stereocenters. The van der Waals surface area contributed by atoms with Crippen LogP contribution in [0.15, 0.2) is 41.2 Å². The molecule has 3 aromatic rings. The van der Waals surface area contributed by atoms with Gasteiger partial charge in [-0.05, 0) is 44.5 Å². The average molecular weight is 398 g/mol. The van der Waals surface area contributed by atoms with Crippen molar-refractivity contribution in [2.24, 2.45) is 0 Å². The van der Waals surface area contributed by atoms with E-state index in [1.165, 1.54) is 10.7 Å². The molecule has 3 rings (SSSR count). The topological polar surface area (TPSA) is 86.1 Å². The Morgan fingerprint density at radius 3 is 2.75 bits per heavy atom. The summed E-state index contributed by atoms with van der Waals surface area (Å²) >= 11 is 1.54. The monoisotopic (exact) mass is 398 g/mol. The van der Waals surface area contributed by atoms with E-state index >= 15 is 0 Å². The third-order valence-electron chi connectivity index (χ3n) is 4.01. The molecule has 1 N–H and O–H groups in total. The normalized spacial score (nSPS) is 10.7. The third-order valence-corrected chi connectivity index (χ3v) is 5.10. The maximum Gasteiger partial charge on any atom is 0.266 e. The van der Waals surface area contributed by atoms with Crippen LogP contribution in [0.1, 0.15) is 16.3 Å². The van der Waals surface area contributed by atoms with Crippen LogP contribution in [0, 0.1) is 20.8 Å². The second-order valence-corrected chi connectivity index (χ2v) is 7.59. The molecule has 0 aliphatic heterocycles. The average Bonchev–Trinajstić information content (AvgIpc) is 3.00. The standard InChI is InChI=1S/C20H22N4O3S/c1-13-5-4-6-16(11-13)27-12-18(25)21-9-10-24-19(26)8-7-17(23-24)20-14(2)22-15(3)28-20/h4-8,11H,9-10,12H2,1-3H3,(H,21,25). The molecule has 2 heterocycles. The van der Waals surface area contributed by atoms with E-state index in [2.05, 4.69) is 15.4 Å². The van der Waals surface area contributed by atoms with Crippen molar-refractivity contribution < 1.29 is 9.53 Å². The first-order chi connectivity index (χ1) is 13.4. The smallest absolute Gasteiger partial charge is 0.266 e. The molecule has 0 bridgehead atoms. The molecule has 28 heavy (non-hydrogen) atoms. The first-order valence-corrected chi connectivity index (χ1v) is 9.73. The molecular weight excluding hydrogens is 376 g/mol. The minimum atomic E-state index is -0.250. The zero-order valence-electron chi connectivity index (χ0n) is 16.1. The van der Waals surface area contributed by atoms with Crippen molar-refractivity contribution in [2.75, 3.05) is 13.2 Å². The van der Waals surface area contributed by atoms with Gasteiger partial charge in [0.1, 0.15) is 11.4 Å². The number of thiazole rings is 1. The van der Waals surface area contributed by atoms with Gasteiger partial charge < -0.3 is 10.1 Å². The van der Waals surface area contributed by atoms with Crippen molar-refractivity contribution in [3.05, 3.63) is 63.0 Å². The number of hydrogen-bond donors (Lipinski definition) is 1. The van der Waals surface area contributed by atoms with Crippen LogP contribution in [-0.4, -0.2) is 33.8 Å². The number of aryl methyl sites for hydroxylation is 3. The van der Waals surface area contributed by atoms with Gasteiger partial charge in [-0.15, -0.1) is 11.3 Å². The van der Waals surface area contributed by atoms with Gasteiger partial charge in [0.15, 0.2) is 6.61 Å². The van der Waals surface area contributed by atoms with Crippen LogP contribution < -0.4 is 15.6 Å². The summed E-state index contributed by atoms with van der Waals surface area (Å²) in [5.41, 5.74) is 2.45. The van der Waals surface area contributed by atoms with Crippen molar-refractivity contribution in [3.63, 3.8) is 0 Å². The van der Waals surface area contributed by atoms with Gasteiger partial charge in [-0.1, -0.05) is 12.1 Å². The molecule has 0 atom stereocenters. The predicted molar refractivity (Wildman–Crippen MR) is 109 cm³/mol. The molecule has 0 saturated heterocycles. The van der Waals surface area contributed by atoms with Crippen LogP contribution in [-0.2, 0) is 11.3 Å². The number of carbonyl (C=O) groups excluding carboxylic acids is 1. The van der Waals surface area contributed by atoms with Gasteiger partial charge >= 0.3 is 0 Å². The Hall–Kier alpha value is -3.00. The van der Waals surface area contributed by atoms with Crippen molar-refractivity contribution in [3.8, 4) is 16.3 Å². The van der Waals surface area contributed by atoms with Crippen LogP contribution in [0.3, 0.4) is 0 Å². The maximum atomic E-state index is 12.1. The van der Waals surface area contributed by atoms with E-state index < -0.39 is 0 Å². The van der Waals surface area contributed by atoms with E-state index in [4.69, 9.17) is 4.74 Å². The summed E-state index contributed by atoms with van der Waals surface area (Å²) in [7, 11) is 0. The Labute approximate surface area is 167 Å². The van der Waals surface area contributed by atoms with Crippen molar-refractivity contribution in [2.45, 2.75) is 27.3 Å². The Morgan fingerprint density at radius 2 is 2.04 bits per heavy atom. The first kappa shape index (κ1) is 19.8. The Morgan fingerprint density at radius 1 is 1.21 bits per heavy atom. The van der Waals surface area contributed by atoms with E-state index in [0.717, 1.165) is 21.1 Å².